The summed E-state index contributed by atoms with van der Waals surface area (Å²) in [5.74, 6) is -1.26. The molecule has 3 aromatic rings. The molecule has 0 aliphatic heterocycles. The van der Waals surface area contributed by atoms with Crippen molar-refractivity contribution in [1.82, 2.24) is 0 Å². The molecule has 112 valence electrons. The average molecular weight is 311 g/mol. The summed E-state index contributed by atoms with van der Waals surface area (Å²) in [5.41, 5.74) is 1.93. The molecule has 0 fully saturated rings. The minimum absolute atomic E-state index is 0.487. The van der Waals surface area contributed by atoms with Crippen molar-refractivity contribution in [3.63, 3.8) is 0 Å². The van der Waals surface area contributed by atoms with E-state index in [0.717, 1.165) is 21.3 Å². The number of benzene rings is 2. The second-order valence-corrected chi connectivity index (χ2v) is 6.07. The summed E-state index contributed by atoms with van der Waals surface area (Å²) in [7, 11) is 0. The van der Waals surface area contributed by atoms with Crippen molar-refractivity contribution in [2.24, 2.45) is 0 Å². The van der Waals surface area contributed by atoms with E-state index in [0.29, 0.717) is 13.0 Å². The summed E-state index contributed by atoms with van der Waals surface area (Å²) in [6.45, 7) is 0.628. The van der Waals surface area contributed by atoms with E-state index >= 15 is 0 Å². The van der Waals surface area contributed by atoms with E-state index < -0.39 is 11.9 Å². The number of carboxylic acid groups (broad SMARTS) is 1. The van der Waals surface area contributed by atoms with Gasteiger partial charge in [-0.15, -0.1) is 11.3 Å². The lowest BCUT2D eigenvalue weighted by Crippen LogP contribution is -2.16. The van der Waals surface area contributed by atoms with Crippen LogP contribution in [-0.4, -0.2) is 17.6 Å². The van der Waals surface area contributed by atoms with E-state index in [1.54, 1.807) is 11.3 Å². The minimum atomic E-state index is -0.768. The summed E-state index contributed by atoms with van der Waals surface area (Å²) in [4.78, 5) is 11.7. The molecular weight excluding hydrogens is 294 g/mol. The molecule has 0 saturated heterocycles. The number of thiophene rings is 1. The van der Waals surface area contributed by atoms with Gasteiger partial charge in [0.15, 0.2) is 0 Å². The maximum atomic E-state index is 11.7. The molecule has 2 N–H and O–H groups in total. The van der Waals surface area contributed by atoms with Gasteiger partial charge in [0.2, 0.25) is 0 Å². The van der Waals surface area contributed by atoms with Crippen molar-refractivity contribution in [1.29, 1.82) is 0 Å². The van der Waals surface area contributed by atoms with E-state index in [-0.39, 0.29) is 0 Å². The van der Waals surface area contributed by atoms with Crippen LogP contribution < -0.4 is 5.32 Å². The largest absolute Gasteiger partial charge is 0.481 e. The van der Waals surface area contributed by atoms with Crippen LogP contribution in [0.2, 0.25) is 0 Å². The third-order valence-electron chi connectivity index (χ3n) is 3.72. The highest BCUT2D eigenvalue weighted by atomic mass is 32.1. The Bertz CT molecular complexity index is 767. The Morgan fingerprint density at radius 3 is 2.68 bits per heavy atom. The Hall–Kier alpha value is -2.33. The molecular formula is C18H17NO2S. The smallest absolute Gasteiger partial charge is 0.311 e. The zero-order valence-corrected chi connectivity index (χ0v) is 12.8. The van der Waals surface area contributed by atoms with Crippen LogP contribution >= 0.6 is 11.3 Å². The predicted molar refractivity (Wildman–Crippen MR) is 91.8 cm³/mol. The Labute approximate surface area is 133 Å². The molecule has 2 aromatic carbocycles. The Morgan fingerprint density at radius 1 is 1.09 bits per heavy atom. The lowest BCUT2D eigenvalue weighted by atomic mass is 9.95. The first-order valence-corrected chi connectivity index (χ1v) is 8.11. The first-order chi connectivity index (χ1) is 10.8. The van der Waals surface area contributed by atoms with Crippen LogP contribution in [0.4, 0.5) is 5.69 Å². The van der Waals surface area contributed by atoms with E-state index in [1.807, 2.05) is 60.0 Å². The maximum Gasteiger partial charge on any atom is 0.311 e. The normalized spacial score (nSPS) is 12.2. The summed E-state index contributed by atoms with van der Waals surface area (Å²) in [5, 5.41) is 16.0. The van der Waals surface area contributed by atoms with Crippen LogP contribution in [-0.2, 0) is 4.79 Å². The second kappa shape index (κ2) is 6.62. The topological polar surface area (TPSA) is 49.3 Å². The third-order valence-corrected chi connectivity index (χ3v) is 4.70. The van der Waals surface area contributed by atoms with Crippen molar-refractivity contribution in [2.45, 2.75) is 12.3 Å². The molecule has 1 aromatic heterocycles. The van der Waals surface area contributed by atoms with Crippen molar-refractivity contribution in [3.05, 3.63) is 65.5 Å². The van der Waals surface area contributed by atoms with Gasteiger partial charge in [-0.2, -0.15) is 0 Å². The van der Waals surface area contributed by atoms with Crippen molar-refractivity contribution in [3.8, 4) is 0 Å². The first kappa shape index (κ1) is 14.6. The fraction of sp³-hybridized carbons (Fsp3) is 0.167. The average Bonchev–Trinajstić information content (AvgIpc) is 3.01. The maximum absolute atomic E-state index is 11.7. The van der Waals surface area contributed by atoms with Crippen molar-refractivity contribution >= 4 is 33.1 Å². The fourth-order valence-corrected chi connectivity index (χ4v) is 3.59. The van der Waals surface area contributed by atoms with Crippen LogP contribution in [0.1, 0.15) is 17.9 Å². The third kappa shape index (κ3) is 3.12. The number of fused-ring (bicyclic) bond motifs is 1. The van der Waals surface area contributed by atoms with Gasteiger partial charge in [-0.25, -0.2) is 0 Å². The molecule has 0 aliphatic carbocycles. The van der Waals surface area contributed by atoms with E-state index in [1.165, 1.54) is 0 Å². The van der Waals surface area contributed by atoms with Gasteiger partial charge in [-0.1, -0.05) is 36.4 Å². The number of aliphatic carboxylic acids is 1. The monoisotopic (exact) mass is 311 g/mol. The summed E-state index contributed by atoms with van der Waals surface area (Å²) >= 11 is 1.61. The van der Waals surface area contributed by atoms with Gasteiger partial charge >= 0.3 is 5.97 Å². The first-order valence-electron chi connectivity index (χ1n) is 7.23. The Morgan fingerprint density at radius 2 is 1.91 bits per heavy atom. The Kier molecular flexibility index (Phi) is 4.39. The molecule has 0 bridgehead atoms. The predicted octanol–water partition coefficient (Wildman–Crippen LogP) is 4.57. The fourth-order valence-electron chi connectivity index (χ4n) is 2.62. The lowest BCUT2D eigenvalue weighted by molar-refractivity contribution is -0.138. The van der Waals surface area contributed by atoms with Crippen molar-refractivity contribution in [2.75, 3.05) is 11.9 Å². The zero-order chi connectivity index (χ0) is 15.4. The number of carbonyl (C=O) groups is 1. The summed E-state index contributed by atoms with van der Waals surface area (Å²) in [6, 6.07) is 17.8. The number of hydrogen-bond acceptors (Lipinski definition) is 3. The second-order valence-electron chi connectivity index (χ2n) is 5.16. The summed E-state index contributed by atoms with van der Waals surface area (Å²) < 4.78 is 1.08. The molecule has 0 aliphatic rings. The van der Waals surface area contributed by atoms with E-state index in [4.69, 9.17) is 0 Å². The van der Waals surface area contributed by atoms with Crippen LogP contribution in [0, 0.1) is 0 Å². The molecule has 0 saturated carbocycles. The molecule has 0 amide bonds. The van der Waals surface area contributed by atoms with Gasteiger partial charge in [0.05, 0.1) is 5.92 Å². The quantitative estimate of drug-likeness (QED) is 0.701. The standard InChI is InChI=1S/C18H17NO2S/c20-18(21)16(9-11-19-14-6-2-1-3-7-14)15-8-4-5-13-10-12-22-17(13)15/h1-8,10,12,16,19H,9,11H2,(H,20,21). The van der Waals surface area contributed by atoms with Gasteiger partial charge in [-0.3, -0.25) is 4.79 Å². The Balaban J connectivity index is 1.76. The van der Waals surface area contributed by atoms with Crippen LogP contribution in [0.3, 0.4) is 0 Å². The van der Waals surface area contributed by atoms with Crippen LogP contribution in [0.5, 0.6) is 0 Å². The molecule has 1 atom stereocenters. The van der Waals surface area contributed by atoms with Crippen molar-refractivity contribution < 1.29 is 9.90 Å². The zero-order valence-electron chi connectivity index (χ0n) is 12.0. The number of anilines is 1. The molecule has 0 radical (unpaired) electrons. The molecule has 22 heavy (non-hydrogen) atoms. The molecule has 3 rings (SSSR count). The van der Waals surface area contributed by atoms with E-state index in [9.17, 15) is 9.90 Å². The highest BCUT2D eigenvalue weighted by Crippen LogP contribution is 2.32. The lowest BCUT2D eigenvalue weighted by Gasteiger charge is -2.15. The number of para-hydroxylation sites is 1. The van der Waals surface area contributed by atoms with Crippen LogP contribution in [0.15, 0.2) is 60.0 Å². The van der Waals surface area contributed by atoms with Gasteiger partial charge in [0.25, 0.3) is 0 Å². The highest BCUT2D eigenvalue weighted by molar-refractivity contribution is 7.17. The SMILES string of the molecule is O=C(O)C(CCNc1ccccc1)c1cccc2ccsc12. The molecule has 0 spiro atoms. The number of carboxylic acids is 1. The number of hydrogen-bond donors (Lipinski definition) is 2. The van der Waals surface area contributed by atoms with Crippen LogP contribution in [0.25, 0.3) is 10.1 Å². The van der Waals surface area contributed by atoms with Gasteiger partial charge < -0.3 is 10.4 Å². The number of nitrogens with one attached hydrogen (secondary N) is 1. The highest BCUT2D eigenvalue weighted by Gasteiger charge is 2.22. The minimum Gasteiger partial charge on any atom is -0.481 e. The molecule has 3 nitrogen and oxygen atoms in total. The van der Waals surface area contributed by atoms with Gasteiger partial charge in [0, 0.05) is 16.9 Å². The number of rotatable bonds is 6. The molecule has 4 heteroatoms. The van der Waals surface area contributed by atoms with E-state index in [2.05, 4.69) is 5.32 Å². The van der Waals surface area contributed by atoms with Gasteiger partial charge in [-0.05, 0) is 40.9 Å². The molecule has 1 heterocycles. The summed E-state index contributed by atoms with van der Waals surface area (Å²) in [6.07, 6.45) is 0.557. The van der Waals surface area contributed by atoms with Gasteiger partial charge in [0.1, 0.15) is 0 Å². The molecule has 1 unspecified atom stereocenters.